The fourth-order valence-electron chi connectivity index (χ4n) is 2.16. The fraction of sp³-hybridized carbons (Fsp3) is 0.286. The molecule has 20 heavy (non-hydrogen) atoms. The molecule has 1 unspecified atom stereocenters. The predicted molar refractivity (Wildman–Crippen MR) is 87.1 cm³/mol. The van der Waals surface area contributed by atoms with Crippen molar-refractivity contribution in [3.05, 3.63) is 45.6 Å². The summed E-state index contributed by atoms with van der Waals surface area (Å²) >= 11 is 8.75. The molecule has 0 aromatic heterocycles. The van der Waals surface area contributed by atoms with Crippen LogP contribution in [0.25, 0.3) is 0 Å². The monoisotopic (exact) mass is 353 g/mol. The van der Waals surface area contributed by atoms with Gasteiger partial charge in [-0.3, -0.25) is 4.79 Å². The van der Waals surface area contributed by atoms with Crippen LogP contribution in [0.3, 0.4) is 0 Å². The maximum absolute atomic E-state index is 12.4. The number of halogens is 1. The predicted octanol–water partition coefficient (Wildman–Crippen LogP) is 2.33. The lowest BCUT2D eigenvalue weighted by Crippen LogP contribution is -2.46. The molecule has 1 aromatic carbocycles. The van der Waals surface area contributed by atoms with Gasteiger partial charge >= 0.3 is 0 Å². The van der Waals surface area contributed by atoms with Gasteiger partial charge in [0, 0.05) is 24.3 Å². The Morgan fingerprint density at radius 3 is 2.60 bits per heavy atom. The highest BCUT2D eigenvalue weighted by Crippen LogP contribution is 2.32. The molecule has 0 bridgehead atoms. The number of hydrogen-bond donors (Lipinski definition) is 2. The SMILES string of the molecule is CC1=C(C(=O)N(C)C)C(c2ccccc2Br)NC(=S)N1. The molecule has 0 spiro atoms. The molecular weight excluding hydrogens is 338 g/mol. The number of thiocarbonyl (C=S) groups is 1. The Bertz CT molecular complexity index is 598. The molecule has 6 heteroatoms. The van der Waals surface area contributed by atoms with E-state index in [1.165, 1.54) is 0 Å². The summed E-state index contributed by atoms with van der Waals surface area (Å²) in [5, 5.41) is 6.72. The second kappa shape index (κ2) is 5.93. The zero-order valence-corrected chi connectivity index (χ0v) is 13.9. The van der Waals surface area contributed by atoms with Crippen molar-refractivity contribution in [3.8, 4) is 0 Å². The summed E-state index contributed by atoms with van der Waals surface area (Å²) < 4.78 is 0.944. The quantitative estimate of drug-likeness (QED) is 0.801. The third kappa shape index (κ3) is 2.86. The van der Waals surface area contributed by atoms with E-state index < -0.39 is 0 Å². The molecule has 2 N–H and O–H groups in total. The van der Waals surface area contributed by atoms with Gasteiger partial charge in [0.2, 0.25) is 0 Å². The number of hydrogen-bond acceptors (Lipinski definition) is 2. The maximum atomic E-state index is 12.4. The van der Waals surface area contributed by atoms with Crippen molar-refractivity contribution in [1.29, 1.82) is 0 Å². The molecule has 2 rings (SSSR count). The molecule has 0 fully saturated rings. The minimum Gasteiger partial charge on any atom is -0.351 e. The highest BCUT2D eigenvalue weighted by molar-refractivity contribution is 9.10. The van der Waals surface area contributed by atoms with E-state index in [4.69, 9.17) is 12.2 Å². The first-order chi connectivity index (χ1) is 9.41. The van der Waals surface area contributed by atoms with Gasteiger partial charge in [0.15, 0.2) is 5.11 Å². The third-order valence-electron chi connectivity index (χ3n) is 3.12. The van der Waals surface area contributed by atoms with Gasteiger partial charge in [0.1, 0.15) is 0 Å². The summed E-state index contributed by atoms with van der Waals surface area (Å²) in [6, 6.07) is 7.56. The summed E-state index contributed by atoms with van der Waals surface area (Å²) in [5.41, 5.74) is 2.45. The first kappa shape index (κ1) is 15.0. The van der Waals surface area contributed by atoms with Crippen LogP contribution in [0, 0.1) is 0 Å². The maximum Gasteiger partial charge on any atom is 0.253 e. The van der Waals surface area contributed by atoms with Crippen molar-refractivity contribution in [3.63, 3.8) is 0 Å². The van der Waals surface area contributed by atoms with Crippen LogP contribution in [-0.4, -0.2) is 30.0 Å². The van der Waals surface area contributed by atoms with Gasteiger partial charge in [-0.1, -0.05) is 34.1 Å². The molecule has 1 aliphatic heterocycles. The summed E-state index contributed by atoms with van der Waals surface area (Å²) in [6.45, 7) is 1.87. The number of amides is 1. The van der Waals surface area contributed by atoms with Crippen LogP contribution in [0.2, 0.25) is 0 Å². The van der Waals surface area contributed by atoms with Gasteiger partial charge < -0.3 is 15.5 Å². The standard InChI is InChI=1S/C14H16BrN3OS/c1-8-11(13(19)18(2)3)12(17-14(20)16-8)9-6-4-5-7-10(9)15/h4-7,12H,1-3H3,(H2,16,17,20). The summed E-state index contributed by atoms with van der Waals surface area (Å²) in [6.07, 6.45) is 0. The molecule has 0 aliphatic carbocycles. The number of rotatable bonds is 2. The van der Waals surface area contributed by atoms with E-state index in [9.17, 15) is 4.79 Å². The smallest absolute Gasteiger partial charge is 0.253 e. The molecule has 0 saturated carbocycles. The van der Waals surface area contributed by atoms with Gasteiger partial charge in [0.25, 0.3) is 5.91 Å². The molecule has 106 valence electrons. The summed E-state index contributed by atoms with van der Waals surface area (Å²) in [5.74, 6) is -0.0363. The number of nitrogens with zero attached hydrogens (tertiary/aromatic N) is 1. The zero-order chi connectivity index (χ0) is 14.9. The Morgan fingerprint density at radius 1 is 1.35 bits per heavy atom. The Kier molecular flexibility index (Phi) is 4.45. The van der Waals surface area contributed by atoms with Gasteiger partial charge in [-0.05, 0) is 30.8 Å². The van der Waals surface area contributed by atoms with Crippen LogP contribution in [0.4, 0.5) is 0 Å². The highest BCUT2D eigenvalue weighted by Gasteiger charge is 2.31. The van der Waals surface area contributed by atoms with Gasteiger partial charge in [-0.15, -0.1) is 0 Å². The van der Waals surface area contributed by atoms with Crippen LogP contribution in [0.1, 0.15) is 18.5 Å². The third-order valence-corrected chi connectivity index (χ3v) is 4.06. The van der Waals surface area contributed by atoms with E-state index >= 15 is 0 Å². The fourth-order valence-corrected chi connectivity index (χ4v) is 2.95. The number of allylic oxidation sites excluding steroid dienone is 1. The van der Waals surface area contributed by atoms with E-state index in [1.807, 2.05) is 31.2 Å². The Balaban J connectivity index is 2.54. The minimum atomic E-state index is -0.255. The second-order valence-electron chi connectivity index (χ2n) is 4.79. The van der Waals surface area contributed by atoms with E-state index in [1.54, 1.807) is 19.0 Å². The number of nitrogens with one attached hydrogen (secondary N) is 2. The molecule has 1 aliphatic rings. The first-order valence-electron chi connectivity index (χ1n) is 6.16. The molecule has 1 atom stereocenters. The summed E-state index contributed by atoms with van der Waals surface area (Å²) in [4.78, 5) is 14.0. The Hall–Kier alpha value is -1.40. The van der Waals surface area contributed by atoms with Gasteiger partial charge in [-0.25, -0.2) is 0 Å². The molecular formula is C14H16BrN3OS. The van der Waals surface area contributed by atoms with Crippen molar-refractivity contribution in [1.82, 2.24) is 15.5 Å². The Labute approximate surface area is 132 Å². The number of likely N-dealkylation sites (N-methyl/N-ethyl adjacent to an activating group) is 1. The zero-order valence-electron chi connectivity index (χ0n) is 11.5. The van der Waals surface area contributed by atoms with E-state index in [0.29, 0.717) is 10.7 Å². The average molecular weight is 354 g/mol. The summed E-state index contributed by atoms with van der Waals surface area (Å²) in [7, 11) is 3.49. The molecule has 0 saturated heterocycles. The first-order valence-corrected chi connectivity index (χ1v) is 7.36. The lowest BCUT2D eigenvalue weighted by Gasteiger charge is -2.32. The molecule has 1 heterocycles. The highest BCUT2D eigenvalue weighted by atomic mass is 79.9. The molecule has 0 radical (unpaired) electrons. The van der Waals surface area contributed by atoms with E-state index in [2.05, 4.69) is 26.6 Å². The lowest BCUT2D eigenvalue weighted by atomic mass is 9.95. The van der Waals surface area contributed by atoms with Crippen molar-refractivity contribution in [2.24, 2.45) is 0 Å². The van der Waals surface area contributed by atoms with Crippen LogP contribution in [-0.2, 0) is 4.79 Å². The number of carbonyl (C=O) groups is 1. The number of benzene rings is 1. The topological polar surface area (TPSA) is 44.4 Å². The van der Waals surface area contributed by atoms with Crippen molar-refractivity contribution >= 4 is 39.2 Å². The van der Waals surface area contributed by atoms with Crippen molar-refractivity contribution in [2.45, 2.75) is 13.0 Å². The van der Waals surface area contributed by atoms with Gasteiger partial charge in [-0.2, -0.15) is 0 Å². The second-order valence-corrected chi connectivity index (χ2v) is 6.05. The van der Waals surface area contributed by atoms with Crippen molar-refractivity contribution < 1.29 is 4.79 Å². The van der Waals surface area contributed by atoms with E-state index in [0.717, 1.165) is 15.7 Å². The average Bonchev–Trinajstić information content (AvgIpc) is 2.37. The molecule has 1 amide bonds. The molecule has 4 nitrogen and oxygen atoms in total. The van der Waals surface area contributed by atoms with Crippen LogP contribution in [0.15, 0.2) is 40.0 Å². The Morgan fingerprint density at radius 2 is 2.00 bits per heavy atom. The minimum absolute atomic E-state index is 0.0363. The van der Waals surface area contributed by atoms with Crippen LogP contribution in [0.5, 0.6) is 0 Å². The van der Waals surface area contributed by atoms with Crippen LogP contribution >= 0.6 is 28.1 Å². The lowest BCUT2D eigenvalue weighted by molar-refractivity contribution is -0.125. The van der Waals surface area contributed by atoms with Crippen molar-refractivity contribution in [2.75, 3.05) is 14.1 Å². The van der Waals surface area contributed by atoms with Crippen LogP contribution < -0.4 is 10.6 Å². The largest absolute Gasteiger partial charge is 0.351 e. The van der Waals surface area contributed by atoms with E-state index in [-0.39, 0.29) is 11.9 Å². The number of carbonyl (C=O) groups excluding carboxylic acids is 1. The normalized spacial score (nSPS) is 18.4. The van der Waals surface area contributed by atoms with Gasteiger partial charge in [0.05, 0.1) is 11.6 Å². The molecule has 1 aromatic rings.